The first-order chi connectivity index (χ1) is 12.0. The number of amides is 1. The van der Waals surface area contributed by atoms with E-state index < -0.39 is 15.4 Å². The lowest BCUT2D eigenvalue weighted by atomic mass is 9.67. The quantitative estimate of drug-likeness (QED) is 0.846. The third kappa shape index (κ3) is 3.10. The number of nitrogens with zero attached hydrogens (tertiary/aromatic N) is 3. The fourth-order valence-electron chi connectivity index (χ4n) is 4.58. The van der Waals surface area contributed by atoms with Crippen molar-refractivity contribution < 1.29 is 13.2 Å². The summed E-state index contributed by atoms with van der Waals surface area (Å²) in [6, 6.07) is 1.83. The summed E-state index contributed by atoms with van der Waals surface area (Å²) >= 11 is 0. The van der Waals surface area contributed by atoms with Crippen molar-refractivity contribution >= 4 is 15.9 Å². The van der Waals surface area contributed by atoms with Gasteiger partial charge in [-0.15, -0.1) is 0 Å². The number of fused-ring (bicyclic) bond motifs is 1. The van der Waals surface area contributed by atoms with Gasteiger partial charge < -0.3 is 5.32 Å². The van der Waals surface area contributed by atoms with E-state index >= 15 is 0 Å². The van der Waals surface area contributed by atoms with Crippen LogP contribution in [0.15, 0.2) is 18.5 Å². The predicted octanol–water partition coefficient (Wildman–Crippen LogP) is 1.13. The number of nitrogens with one attached hydrogen (secondary N) is 1. The van der Waals surface area contributed by atoms with Gasteiger partial charge in [-0.05, 0) is 38.2 Å². The van der Waals surface area contributed by atoms with Crippen LogP contribution < -0.4 is 5.32 Å². The van der Waals surface area contributed by atoms with Gasteiger partial charge in [-0.3, -0.25) is 9.48 Å². The van der Waals surface area contributed by atoms with E-state index in [9.17, 15) is 13.2 Å². The van der Waals surface area contributed by atoms with E-state index in [1.165, 1.54) is 0 Å². The van der Waals surface area contributed by atoms with Gasteiger partial charge in [0.1, 0.15) is 0 Å². The van der Waals surface area contributed by atoms with Crippen LogP contribution in [0.3, 0.4) is 0 Å². The van der Waals surface area contributed by atoms with Crippen molar-refractivity contribution in [3.05, 3.63) is 18.5 Å². The molecule has 2 atom stereocenters. The van der Waals surface area contributed by atoms with Crippen LogP contribution in [0.25, 0.3) is 0 Å². The van der Waals surface area contributed by atoms with Gasteiger partial charge in [-0.2, -0.15) is 9.40 Å². The fraction of sp³-hybridized carbons (Fsp3) is 0.765. The van der Waals surface area contributed by atoms with E-state index in [1.54, 1.807) is 15.2 Å². The van der Waals surface area contributed by atoms with Crippen molar-refractivity contribution in [1.82, 2.24) is 19.4 Å². The van der Waals surface area contributed by atoms with Crippen LogP contribution in [0.2, 0.25) is 0 Å². The van der Waals surface area contributed by atoms with E-state index in [0.717, 1.165) is 38.5 Å². The number of aromatic nitrogens is 2. The topological polar surface area (TPSA) is 84.3 Å². The molecule has 0 spiro atoms. The van der Waals surface area contributed by atoms with Gasteiger partial charge in [-0.25, -0.2) is 8.42 Å². The fourth-order valence-corrected chi connectivity index (χ4v) is 6.77. The highest BCUT2D eigenvalue weighted by Crippen LogP contribution is 2.50. The molecule has 2 heterocycles. The summed E-state index contributed by atoms with van der Waals surface area (Å²) in [4.78, 5) is 13.1. The third-order valence-corrected chi connectivity index (χ3v) is 7.88. The van der Waals surface area contributed by atoms with Crippen LogP contribution >= 0.6 is 0 Å². The maximum Gasteiger partial charge on any atom is 0.227 e. The molecule has 1 N–H and O–H groups in total. The van der Waals surface area contributed by atoms with Gasteiger partial charge in [0.15, 0.2) is 0 Å². The molecule has 1 amide bonds. The maximum atomic E-state index is 13.1. The first-order valence-corrected chi connectivity index (χ1v) is 10.9. The van der Waals surface area contributed by atoms with Crippen molar-refractivity contribution in [3.8, 4) is 0 Å². The molecule has 2 saturated carbocycles. The van der Waals surface area contributed by atoms with Gasteiger partial charge in [0.2, 0.25) is 15.9 Å². The van der Waals surface area contributed by atoms with Crippen molar-refractivity contribution in [2.45, 2.75) is 63.6 Å². The van der Waals surface area contributed by atoms with Gasteiger partial charge in [0.05, 0.1) is 17.7 Å². The van der Waals surface area contributed by atoms with Gasteiger partial charge in [0, 0.05) is 31.0 Å². The first-order valence-electron chi connectivity index (χ1n) is 9.30. The lowest BCUT2D eigenvalue weighted by Gasteiger charge is -2.51. The van der Waals surface area contributed by atoms with Crippen LogP contribution in [0.1, 0.15) is 44.9 Å². The van der Waals surface area contributed by atoms with Crippen molar-refractivity contribution in [2.24, 2.45) is 5.41 Å². The molecule has 1 aromatic rings. The van der Waals surface area contributed by atoms with E-state index in [1.807, 2.05) is 12.3 Å². The lowest BCUT2D eigenvalue weighted by Crippen LogP contribution is -2.63. The molecule has 2 aliphatic carbocycles. The normalized spacial score (nSPS) is 32.1. The highest BCUT2D eigenvalue weighted by Gasteiger charge is 2.58. The molecule has 3 aliphatic rings. The van der Waals surface area contributed by atoms with E-state index in [2.05, 4.69) is 10.4 Å². The Labute approximate surface area is 148 Å². The number of rotatable bonds is 5. The molecule has 1 aliphatic heterocycles. The predicted molar refractivity (Wildman–Crippen MR) is 93.2 cm³/mol. The standard InChI is InChI=1S/C17H26N4O3S/c22-16(18-10-12-20-11-3-9-19-20)17-7-2-1-4-15(17)21(14-5-6-14)25(23,24)13-8-17/h3,9,11,14-15H,1-2,4-8,10,12-13H2,(H,18,22)/t15-,17-/m1/s1. The molecule has 0 aromatic carbocycles. The maximum absolute atomic E-state index is 13.1. The van der Waals surface area contributed by atoms with E-state index in [-0.39, 0.29) is 23.7 Å². The number of hydrogen-bond acceptors (Lipinski definition) is 4. The van der Waals surface area contributed by atoms with Crippen LogP contribution in [-0.4, -0.2) is 52.8 Å². The molecular formula is C17H26N4O3S. The average Bonchev–Trinajstić information content (AvgIpc) is 3.28. The highest BCUT2D eigenvalue weighted by atomic mass is 32.2. The van der Waals surface area contributed by atoms with Crippen LogP contribution in [0.5, 0.6) is 0 Å². The number of sulfonamides is 1. The molecular weight excluding hydrogens is 340 g/mol. The Morgan fingerprint density at radius 1 is 1.24 bits per heavy atom. The zero-order chi connectivity index (χ0) is 17.5. The molecule has 0 radical (unpaired) electrons. The molecule has 1 saturated heterocycles. The van der Waals surface area contributed by atoms with Gasteiger partial charge >= 0.3 is 0 Å². The molecule has 4 rings (SSSR count). The second kappa shape index (κ2) is 6.39. The summed E-state index contributed by atoms with van der Waals surface area (Å²) in [6.45, 7) is 1.15. The molecule has 3 fully saturated rings. The minimum absolute atomic E-state index is 0.0323. The molecule has 0 unspecified atom stereocenters. The number of carbonyl (C=O) groups is 1. The Morgan fingerprint density at radius 3 is 2.80 bits per heavy atom. The summed E-state index contributed by atoms with van der Waals surface area (Å²) in [5.41, 5.74) is -0.545. The first kappa shape index (κ1) is 17.0. The summed E-state index contributed by atoms with van der Waals surface area (Å²) in [7, 11) is -3.22. The zero-order valence-electron chi connectivity index (χ0n) is 14.4. The molecule has 138 valence electrons. The average molecular weight is 366 g/mol. The molecule has 8 heteroatoms. The van der Waals surface area contributed by atoms with Crippen LogP contribution in [0, 0.1) is 5.41 Å². The zero-order valence-corrected chi connectivity index (χ0v) is 15.2. The molecule has 1 aromatic heterocycles. The molecule has 25 heavy (non-hydrogen) atoms. The summed E-state index contributed by atoms with van der Waals surface area (Å²) in [6.07, 6.45) is 9.53. The minimum Gasteiger partial charge on any atom is -0.354 e. The Hall–Kier alpha value is -1.41. The lowest BCUT2D eigenvalue weighted by molar-refractivity contribution is -0.137. The second-order valence-electron chi connectivity index (χ2n) is 7.57. The van der Waals surface area contributed by atoms with Gasteiger partial charge in [0.25, 0.3) is 0 Å². The van der Waals surface area contributed by atoms with Crippen LogP contribution in [-0.2, 0) is 21.4 Å². The Bertz CT molecular complexity index is 729. The summed E-state index contributed by atoms with van der Waals surface area (Å²) < 4.78 is 28.8. The monoisotopic (exact) mass is 366 g/mol. The minimum atomic E-state index is -3.22. The SMILES string of the molecule is O=C(NCCn1cccn1)[C@@]12CCCC[C@H]1N(C1CC1)S(=O)(=O)CC2. The van der Waals surface area contributed by atoms with Crippen LogP contribution in [0.4, 0.5) is 0 Å². The summed E-state index contributed by atoms with van der Waals surface area (Å²) in [5, 5.41) is 7.21. The van der Waals surface area contributed by atoms with Crippen molar-refractivity contribution in [1.29, 1.82) is 0 Å². The Kier molecular flexibility index (Phi) is 4.35. The van der Waals surface area contributed by atoms with E-state index in [0.29, 0.717) is 19.5 Å². The number of hydrogen-bond donors (Lipinski definition) is 1. The van der Waals surface area contributed by atoms with Gasteiger partial charge in [-0.1, -0.05) is 12.8 Å². The highest BCUT2D eigenvalue weighted by molar-refractivity contribution is 7.89. The Balaban J connectivity index is 1.51. The van der Waals surface area contributed by atoms with Crippen molar-refractivity contribution in [2.75, 3.05) is 12.3 Å². The number of carbonyl (C=O) groups excluding carboxylic acids is 1. The second-order valence-corrected chi connectivity index (χ2v) is 9.56. The molecule has 0 bridgehead atoms. The smallest absolute Gasteiger partial charge is 0.227 e. The van der Waals surface area contributed by atoms with Crippen molar-refractivity contribution in [3.63, 3.8) is 0 Å². The Morgan fingerprint density at radius 2 is 2.08 bits per heavy atom. The summed E-state index contributed by atoms with van der Waals surface area (Å²) in [5.74, 6) is 0.136. The molecule has 7 nitrogen and oxygen atoms in total. The van der Waals surface area contributed by atoms with E-state index in [4.69, 9.17) is 0 Å². The third-order valence-electron chi connectivity index (χ3n) is 5.97. The largest absolute Gasteiger partial charge is 0.354 e.